The number of hydrogen-bond acceptors (Lipinski definition) is 5. The van der Waals surface area contributed by atoms with Gasteiger partial charge in [0.05, 0.1) is 22.6 Å². The maximum atomic E-state index is 13.2. The molecule has 10 heteroatoms. The van der Waals surface area contributed by atoms with E-state index in [1.165, 1.54) is 11.6 Å². The lowest BCUT2D eigenvalue weighted by Gasteiger charge is -2.23. The van der Waals surface area contributed by atoms with Crippen LogP contribution in [0.4, 0.5) is 18.9 Å². The molecule has 3 rings (SSSR count). The van der Waals surface area contributed by atoms with Crippen LogP contribution < -0.4 is 10.0 Å². The molecule has 2 aromatic rings. The number of benzene rings is 2. The fraction of sp³-hybridized carbons (Fsp3) is 0.458. The monoisotopic (exact) mass is 498 g/mol. The van der Waals surface area contributed by atoms with Gasteiger partial charge in [0.1, 0.15) is 0 Å². The largest absolute Gasteiger partial charge is 0.417 e. The van der Waals surface area contributed by atoms with E-state index in [0.717, 1.165) is 30.7 Å². The van der Waals surface area contributed by atoms with Crippen molar-refractivity contribution < 1.29 is 31.5 Å². The summed E-state index contributed by atoms with van der Waals surface area (Å²) < 4.78 is 66.7. The zero-order valence-corrected chi connectivity index (χ0v) is 19.6. The number of sulfonamides is 1. The van der Waals surface area contributed by atoms with Gasteiger partial charge in [0.2, 0.25) is 5.91 Å². The van der Waals surface area contributed by atoms with Crippen LogP contribution in [0.3, 0.4) is 0 Å². The van der Waals surface area contributed by atoms with Gasteiger partial charge in [-0.15, -0.1) is 0 Å². The van der Waals surface area contributed by atoms with Gasteiger partial charge in [-0.1, -0.05) is 37.6 Å². The van der Waals surface area contributed by atoms with E-state index in [-0.39, 0.29) is 25.3 Å². The van der Waals surface area contributed by atoms with Gasteiger partial charge in [0, 0.05) is 11.6 Å². The van der Waals surface area contributed by atoms with Crippen molar-refractivity contribution >= 4 is 21.6 Å². The number of amides is 1. The second-order valence-corrected chi connectivity index (χ2v) is 10.2. The van der Waals surface area contributed by atoms with E-state index in [1.54, 1.807) is 0 Å². The first-order chi connectivity index (χ1) is 16.0. The first-order valence-corrected chi connectivity index (χ1v) is 12.8. The Balaban J connectivity index is 1.66. The summed E-state index contributed by atoms with van der Waals surface area (Å²) in [4.78, 5) is 11.7. The molecule has 1 aliphatic rings. The number of aliphatic hydroxyl groups is 1. The molecule has 1 amide bonds. The standard InChI is InChI=1S/C24H29F3N2O4S/c1-2-5-16-8-12-18(13-9-16)28-20-14-10-17(11-15-21(20)30)23(31)29-34(32,33)22-7-4-3-6-19(22)24(25,26)27/h3-4,6-9,12-13,17,20-21,28,30H,2,5,10-11,14-15H2,1H3,(H,29,31)/t17-,20+,21+/m1/s1. The summed E-state index contributed by atoms with van der Waals surface area (Å²) in [6, 6.07) is 11.3. The summed E-state index contributed by atoms with van der Waals surface area (Å²) >= 11 is 0. The average molecular weight is 499 g/mol. The van der Waals surface area contributed by atoms with E-state index in [4.69, 9.17) is 0 Å². The second-order valence-electron chi connectivity index (χ2n) is 8.58. The Labute approximate surface area is 197 Å². The molecule has 186 valence electrons. The molecule has 3 N–H and O–H groups in total. The normalized spacial score (nSPS) is 21.5. The molecule has 0 heterocycles. The summed E-state index contributed by atoms with van der Waals surface area (Å²) in [7, 11) is -4.72. The van der Waals surface area contributed by atoms with Gasteiger partial charge in [-0.25, -0.2) is 13.1 Å². The Hall–Kier alpha value is -2.59. The van der Waals surface area contributed by atoms with Gasteiger partial charge in [0.25, 0.3) is 10.0 Å². The lowest BCUT2D eigenvalue weighted by atomic mass is 10.00. The van der Waals surface area contributed by atoms with Crippen LogP contribution in [0.15, 0.2) is 53.4 Å². The molecule has 0 saturated heterocycles. The van der Waals surface area contributed by atoms with Crippen molar-refractivity contribution in [2.45, 2.75) is 68.7 Å². The van der Waals surface area contributed by atoms with Gasteiger partial charge in [0.15, 0.2) is 0 Å². The average Bonchev–Trinajstić information content (AvgIpc) is 2.96. The summed E-state index contributed by atoms with van der Waals surface area (Å²) in [6.07, 6.45) is -2.47. The number of carbonyl (C=O) groups is 1. The van der Waals surface area contributed by atoms with Crippen LogP contribution in [-0.2, 0) is 27.4 Å². The molecule has 34 heavy (non-hydrogen) atoms. The molecule has 1 fully saturated rings. The van der Waals surface area contributed by atoms with Crippen molar-refractivity contribution in [2.75, 3.05) is 5.32 Å². The van der Waals surface area contributed by atoms with E-state index >= 15 is 0 Å². The first-order valence-electron chi connectivity index (χ1n) is 11.3. The molecule has 0 radical (unpaired) electrons. The minimum absolute atomic E-state index is 0.219. The van der Waals surface area contributed by atoms with E-state index in [0.29, 0.717) is 12.5 Å². The number of aliphatic hydroxyl groups excluding tert-OH is 1. The number of anilines is 1. The van der Waals surface area contributed by atoms with Crippen molar-refractivity contribution in [1.29, 1.82) is 0 Å². The highest BCUT2D eigenvalue weighted by Gasteiger charge is 2.38. The molecule has 3 atom stereocenters. The quantitative estimate of drug-likeness (QED) is 0.489. The Morgan fingerprint density at radius 3 is 2.32 bits per heavy atom. The van der Waals surface area contributed by atoms with Crippen LogP contribution in [0.2, 0.25) is 0 Å². The summed E-state index contributed by atoms with van der Waals surface area (Å²) in [5, 5.41) is 13.8. The molecular formula is C24H29F3N2O4S. The zero-order valence-electron chi connectivity index (χ0n) is 18.8. The molecule has 2 aromatic carbocycles. The lowest BCUT2D eigenvalue weighted by molar-refractivity contribution is -0.140. The molecular weight excluding hydrogens is 469 g/mol. The zero-order chi connectivity index (χ0) is 24.9. The summed E-state index contributed by atoms with van der Waals surface area (Å²) in [5.41, 5.74) is 0.707. The van der Waals surface area contributed by atoms with Crippen molar-refractivity contribution in [1.82, 2.24) is 4.72 Å². The Bertz CT molecular complexity index is 1090. The minimum atomic E-state index is -4.88. The van der Waals surface area contributed by atoms with Gasteiger partial charge in [-0.2, -0.15) is 13.2 Å². The third-order valence-corrected chi connectivity index (χ3v) is 7.44. The number of nitrogens with one attached hydrogen (secondary N) is 2. The number of halogens is 3. The number of alkyl halides is 3. The van der Waals surface area contributed by atoms with Crippen molar-refractivity contribution in [3.63, 3.8) is 0 Å². The lowest BCUT2D eigenvalue weighted by Crippen LogP contribution is -2.36. The fourth-order valence-electron chi connectivity index (χ4n) is 4.20. The van der Waals surface area contributed by atoms with Gasteiger partial charge >= 0.3 is 6.18 Å². The predicted octanol–water partition coefficient (Wildman–Crippen LogP) is 4.49. The van der Waals surface area contributed by atoms with E-state index in [9.17, 15) is 31.5 Å². The van der Waals surface area contributed by atoms with E-state index < -0.39 is 44.6 Å². The van der Waals surface area contributed by atoms with Crippen LogP contribution in [0.1, 0.15) is 50.2 Å². The predicted molar refractivity (Wildman–Crippen MR) is 123 cm³/mol. The molecule has 0 bridgehead atoms. The Morgan fingerprint density at radius 1 is 1.03 bits per heavy atom. The molecule has 0 spiro atoms. The Morgan fingerprint density at radius 2 is 1.68 bits per heavy atom. The van der Waals surface area contributed by atoms with E-state index in [1.807, 2.05) is 29.0 Å². The van der Waals surface area contributed by atoms with Crippen LogP contribution >= 0.6 is 0 Å². The van der Waals surface area contributed by atoms with Crippen LogP contribution in [0, 0.1) is 5.92 Å². The summed E-state index contributed by atoms with van der Waals surface area (Å²) in [6.45, 7) is 2.10. The number of carbonyl (C=O) groups excluding carboxylic acids is 1. The SMILES string of the molecule is CCCc1ccc(N[C@H]2CC[C@@H](C(=O)NS(=O)(=O)c3ccccc3C(F)(F)F)CC[C@@H]2O)cc1. The molecule has 0 unspecified atom stereocenters. The highest BCUT2D eigenvalue weighted by molar-refractivity contribution is 7.90. The van der Waals surface area contributed by atoms with Gasteiger partial charge < -0.3 is 10.4 Å². The molecule has 0 aromatic heterocycles. The highest BCUT2D eigenvalue weighted by Crippen LogP contribution is 2.34. The molecule has 1 saturated carbocycles. The number of hydrogen-bond donors (Lipinski definition) is 3. The minimum Gasteiger partial charge on any atom is -0.391 e. The van der Waals surface area contributed by atoms with Crippen LogP contribution in [0.5, 0.6) is 0 Å². The van der Waals surface area contributed by atoms with Crippen LogP contribution in [-0.4, -0.2) is 31.6 Å². The highest BCUT2D eigenvalue weighted by atomic mass is 32.2. The van der Waals surface area contributed by atoms with Crippen molar-refractivity contribution in [2.24, 2.45) is 5.92 Å². The summed E-state index contributed by atoms with van der Waals surface area (Å²) in [5.74, 6) is -1.62. The topological polar surface area (TPSA) is 95.5 Å². The Kier molecular flexibility index (Phi) is 8.25. The van der Waals surface area contributed by atoms with Crippen molar-refractivity contribution in [3.8, 4) is 0 Å². The first kappa shape index (κ1) is 26.0. The maximum absolute atomic E-state index is 13.2. The van der Waals surface area contributed by atoms with E-state index in [2.05, 4.69) is 12.2 Å². The second kappa shape index (κ2) is 10.8. The molecule has 1 aliphatic carbocycles. The van der Waals surface area contributed by atoms with Crippen molar-refractivity contribution in [3.05, 3.63) is 59.7 Å². The van der Waals surface area contributed by atoms with Gasteiger partial charge in [-0.05, 0) is 61.9 Å². The third-order valence-electron chi connectivity index (χ3n) is 6.03. The smallest absolute Gasteiger partial charge is 0.391 e. The van der Waals surface area contributed by atoms with Crippen LogP contribution in [0.25, 0.3) is 0 Å². The van der Waals surface area contributed by atoms with Gasteiger partial charge in [-0.3, -0.25) is 4.79 Å². The molecule has 0 aliphatic heterocycles. The number of aryl methyl sites for hydroxylation is 1. The number of rotatable bonds is 7. The fourth-order valence-corrected chi connectivity index (χ4v) is 5.47. The molecule has 6 nitrogen and oxygen atoms in total. The third kappa shape index (κ3) is 6.50. The maximum Gasteiger partial charge on any atom is 0.417 e.